The van der Waals surface area contributed by atoms with Gasteiger partial charge in [-0.05, 0) is 49.1 Å². The van der Waals surface area contributed by atoms with E-state index in [9.17, 15) is 4.79 Å². The maximum atomic E-state index is 11.8. The standard InChI is InChI=1S/C27H32N4O4/c1-3-33-25-7-5-4-6-23(25)27-28-26(35-29-27)18-31(22-10-13-30(14-11-22)19(2)32)17-20-8-9-24-21(16-20)12-15-34-24/h4-9,16,22H,3,10-15,17-18H2,1-2H3. The minimum absolute atomic E-state index is 0.142. The highest BCUT2D eigenvalue weighted by Gasteiger charge is 2.28. The molecule has 1 saturated heterocycles. The third kappa shape index (κ3) is 5.32. The molecule has 0 saturated carbocycles. The third-order valence-corrected chi connectivity index (χ3v) is 6.80. The Bertz CT molecular complexity index is 1170. The van der Waals surface area contributed by atoms with Crippen molar-refractivity contribution in [3.8, 4) is 22.9 Å². The number of hydrogen-bond acceptors (Lipinski definition) is 7. The predicted molar refractivity (Wildman–Crippen MR) is 131 cm³/mol. The number of nitrogens with zero attached hydrogens (tertiary/aromatic N) is 4. The van der Waals surface area contributed by atoms with Crippen molar-refractivity contribution in [2.24, 2.45) is 0 Å². The molecule has 3 heterocycles. The molecule has 0 N–H and O–H groups in total. The van der Waals surface area contributed by atoms with Crippen molar-refractivity contribution in [1.29, 1.82) is 0 Å². The zero-order chi connectivity index (χ0) is 24.2. The van der Waals surface area contributed by atoms with Crippen LogP contribution in [0.1, 0.15) is 43.7 Å². The fourth-order valence-corrected chi connectivity index (χ4v) is 4.97. The van der Waals surface area contributed by atoms with Gasteiger partial charge in [0.25, 0.3) is 0 Å². The van der Waals surface area contributed by atoms with Crippen molar-refractivity contribution in [1.82, 2.24) is 19.9 Å². The number of hydrogen-bond donors (Lipinski definition) is 0. The van der Waals surface area contributed by atoms with Crippen LogP contribution in [-0.2, 0) is 24.3 Å². The summed E-state index contributed by atoms with van der Waals surface area (Å²) in [4.78, 5) is 20.9. The zero-order valence-corrected chi connectivity index (χ0v) is 20.4. The van der Waals surface area contributed by atoms with Crippen molar-refractivity contribution >= 4 is 5.91 Å². The number of para-hydroxylation sites is 1. The molecule has 2 aliphatic rings. The van der Waals surface area contributed by atoms with Gasteiger partial charge in [-0.25, -0.2) is 0 Å². The summed E-state index contributed by atoms with van der Waals surface area (Å²) >= 11 is 0. The average molecular weight is 477 g/mol. The molecule has 3 aromatic rings. The molecule has 2 aromatic carbocycles. The van der Waals surface area contributed by atoms with E-state index in [1.54, 1.807) is 6.92 Å². The highest BCUT2D eigenvalue weighted by molar-refractivity contribution is 5.73. The van der Waals surface area contributed by atoms with Crippen LogP contribution in [0.5, 0.6) is 11.5 Å². The van der Waals surface area contributed by atoms with Crippen molar-refractivity contribution < 1.29 is 18.8 Å². The lowest BCUT2D eigenvalue weighted by atomic mass is 10.0. The van der Waals surface area contributed by atoms with E-state index >= 15 is 0 Å². The van der Waals surface area contributed by atoms with Crippen molar-refractivity contribution in [2.75, 3.05) is 26.3 Å². The van der Waals surface area contributed by atoms with Crippen LogP contribution in [0.4, 0.5) is 0 Å². The van der Waals surface area contributed by atoms with Crippen LogP contribution in [0, 0.1) is 0 Å². The van der Waals surface area contributed by atoms with Crippen LogP contribution in [0.3, 0.4) is 0 Å². The van der Waals surface area contributed by atoms with Crippen LogP contribution in [0.2, 0.25) is 0 Å². The van der Waals surface area contributed by atoms with Gasteiger partial charge in [-0.3, -0.25) is 9.69 Å². The van der Waals surface area contributed by atoms with Gasteiger partial charge in [0, 0.05) is 39.0 Å². The fourth-order valence-electron chi connectivity index (χ4n) is 4.97. The van der Waals surface area contributed by atoms with E-state index in [4.69, 9.17) is 19.0 Å². The molecule has 0 unspecified atom stereocenters. The minimum atomic E-state index is 0.142. The molecule has 8 heteroatoms. The molecule has 35 heavy (non-hydrogen) atoms. The third-order valence-electron chi connectivity index (χ3n) is 6.80. The molecule has 0 spiro atoms. The Morgan fingerprint density at radius 1 is 1.17 bits per heavy atom. The Labute approximate surface area is 205 Å². The van der Waals surface area contributed by atoms with E-state index in [-0.39, 0.29) is 5.91 Å². The van der Waals surface area contributed by atoms with E-state index in [0.29, 0.717) is 30.9 Å². The van der Waals surface area contributed by atoms with Gasteiger partial charge < -0.3 is 18.9 Å². The Balaban J connectivity index is 1.36. The van der Waals surface area contributed by atoms with E-state index in [2.05, 4.69) is 28.3 Å². The van der Waals surface area contributed by atoms with E-state index in [0.717, 1.165) is 62.6 Å². The highest BCUT2D eigenvalue weighted by Crippen LogP contribution is 2.30. The first-order valence-corrected chi connectivity index (χ1v) is 12.4. The van der Waals surface area contributed by atoms with Gasteiger partial charge >= 0.3 is 0 Å². The lowest BCUT2D eigenvalue weighted by molar-refractivity contribution is -0.130. The van der Waals surface area contributed by atoms with Crippen LogP contribution >= 0.6 is 0 Å². The van der Waals surface area contributed by atoms with Gasteiger partial charge in [0.15, 0.2) is 0 Å². The Kier molecular flexibility index (Phi) is 6.99. The van der Waals surface area contributed by atoms with Crippen molar-refractivity contribution in [3.05, 3.63) is 59.5 Å². The van der Waals surface area contributed by atoms with E-state index < -0.39 is 0 Å². The first-order chi connectivity index (χ1) is 17.1. The molecule has 1 amide bonds. The molecular weight excluding hydrogens is 444 g/mol. The predicted octanol–water partition coefficient (Wildman–Crippen LogP) is 4.08. The van der Waals surface area contributed by atoms with Crippen LogP contribution in [0.25, 0.3) is 11.4 Å². The molecule has 2 aliphatic heterocycles. The van der Waals surface area contributed by atoms with Crippen molar-refractivity contribution in [2.45, 2.75) is 52.2 Å². The summed E-state index contributed by atoms with van der Waals surface area (Å²) in [5, 5.41) is 4.25. The highest BCUT2D eigenvalue weighted by atomic mass is 16.5. The minimum Gasteiger partial charge on any atom is -0.493 e. The number of aromatic nitrogens is 2. The van der Waals surface area contributed by atoms with Crippen LogP contribution < -0.4 is 9.47 Å². The maximum Gasteiger partial charge on any atom is 0.241 e. The SMILES string of the molecule is CCOc1ccccc1-c1noc(CN(Cc2ccc3c(c2)CCO3)C2CCN(C(C)=O)CC2)n1. The smallest absolute Gasteiger partial charge is 0.241 e. The molecule has 0 atom stereocenters. The number of rotatable bonds is 8. The Hall–Kier alpha value is -3.39. The normalized spacial score (nSPS) is 15.8. The summed E-state index contributed by atoms with van der Waals surface area (Å²) in [7, 11) is 0. The Morgan fingerprint density at radius 3 is 2.80 bits per heavy atom. The van der Waals surface area contributed by atoms with Gasteiger partial charge in [0.2, 0.25) is 17.6 Å². The van der Waals surface area contributed by atoms with Gasteiger partial charge in [-0.15, -0.1) is 0 Å². The largest absolute Gasteiger partial charge is 0.493 e. The number of likely N-dealkylation sites (tertiary alicyclic amines) is 1. The lowest BCUT2D eigenvalue weighted by Crippen LogP contribution is -2.45. The number of piperidine rings is 1. The Morgan fingerprint density at radius 2 is 2.00 bits per heavy atom. The molecule has 1 aromatic heterocycles. The quantitative estimate of drug-likeness (QED) is 0.485. The van der Waals surface area contributed by atoms with Gasteiger partial charge in [-0.2, -0.15) is 4.98 Å². The van der Waals surface area contributed by atoms with E-state index in [1.807, 2.05) is 36.1 Å². The number of carbonyl (C=O) groups is 1. The van der Waals surface area contributed by atoms with Gasteiger partial charge in [-0.1, -0.05) is 29.4 Å². The number of amides is 1. The lowest BCUT2D eigenvalue weighted by Gasteiger charge is -2.37. The maximum absolute atomic E-state index is 11.8. The fraction of sp³-hybridized carbons (Fsp3) is 0.444. The molecule has 0 bridgehead atoms. The topological polar surface area (TPSA) is 80.9 Å². The molecule has 5 rings (SSSR count). The second-order valence-corrected chi connectivity index (χ2v) is 9.12. The molecule has 0 aliphatic carbocycles. The summed E-state index contributed by atoms with van der Waals surface area (Å²) < 4.78 is 17.1. The summed E-state index contributed by atoms with van der Waals surface area (Å²) in [5.41, 5.74) is 3.33. The monoisotopic (exact) mass is 476 g/mol. The summed E-state index contributed by atoms with van der Waals surface area (Å²) in [6.07, 6.45) is 2.79. The van der Waals surface area contributed by atoms with Crippen LogP contribution in [0.15, 0.2) is 47.0 Å². The number of benzene rings is 2. The summed E-state index contributed by atoms with van der Waals surface area (Å²) in [5.74, 6) is 2.98. The van der Waals surface area contributed by atoms with Crippen LogP contribution in [-0.4, -0.2) is 58.2 Å². The molecule has 0 radical (unpaired) electrons. The number of carbonyl (C=O) groups excluding carboxylic acids is 1. The molecular formula is C27H32N4O4. The average Bonchev–Trinajstić information content (AvgIpc) is 3.53. The second kappa shape index (κ2) is 10.5. The summed E-state index contributed by atoms with van der Waals surface area (Å²) in [6, 6.07) is 14.5. The van der Waals surface area contributed by atoms with Gasteiger partial charge in [0.1, 0.15) is 11.5 Å². The first kappa shape index (κ1) is 23.4. The molecule has 184 valence electrons. The molecule has 1 fully saturated rings. The zero-order valence-electron chi connectivity index (χ0n) is 20.4. The first-order valence-electron chi connectivity index (χ1n) is 12.4. The van der Waals surface area contributed by atoms with Gasteiger partial charge in [0.05, 0.1) is 25.3 Å². The van der Waals surface area contributed by atoms with Crippen molar-refractivity contribution in [3.63, 3.8) is 0 Å². The van der Waals surface area contributed by atoms with E-state index in [1.165, 1.54) is 11.1 Å². The number of ether oxygens (including phenoxy) is 2. The second-order valence-electron chi connectivity index (χ2n) is 9.12. The number of fused-ring (bicyclic) bond motifs is 1. The summed E-state index contributed by atoms with van der Waals surface area (Å²) in [6.45, 7) is 7.77. The molecule has 8 nitrogen and oxygen atoms in total.